The summed E-state index contributed by atoms with van der Waals surface area (Å²) >= 11 is 0. The van der Waals surface area contributed by atoms with Crippen molar-refractivity contribution < 1.29 is 170 Å². The van der Waals surface area contributed by atoms with Gasteiger partial charge in [0.1, 0.15) is 48.8 Å². The quantitative estimate of drug-likeness (QED) is 0.0153. The van der Waals surface area contributed by atoms with Crippen LogP contribution in [0.1, 0.15) is 40.0 Å². The molecule has 0 aliphatic carbocycles. The van der Waals surface area contributed by atoms with E-state index in [1.54, 1.807) is 6.92 Å². The topological polar surface area (TPSA) is 563 Å². The van der Waals surface area contributed by atoms with Gasteiger partial charge in [0, 0.05) is 50.2 Å². The maximum Gasteiger partial charge on any atom is 0.469 e. The van der Waals surface area contributed by atoms with Crippen LogP contribution in [0.3, 0.4) is 0 Å². The van der Waals surface area contributed by atoms with Gasteiger partial charge in [-0.05, 0) is 6.92 Å². The van der Waals surface area contributed by atoms with Crippen LogP contribution in [-0.2, 0) is 94.1 Å². The molecular weight excluding hydrogens is 1260 g/mol. The van der Waals surface area contributed by atoms with Gasteiger partial charge >= 0.3 is 15.6 Å². The lowest BCUT2D eigenvalue weighted by molar-refractivity contribution is -0.301. The van der Waals surface area contributed by atoms with E-state index in [1.807, 2.05) is 0 Å². The minimum Gasteiger partial charge on any atom is -0.391 e. The predicted octanol–water partition coefficient (Wildman–Crippen LogP) is -7.80. The molecule has 0 saturated carbocycles. The van der Waals surface area contributed by atoms with E-state index in [4.69, 9.17) is 81.2 Å². The molecule has 3 amide bonds. The second-order valence-corrected chi connectivity index (χ2v) is 23.1. The Hall–Kier alpha value is -2.33. The van der Waals surface area contributed by atoms with Gasteiger partial charge in [0.05, 0.1) is 164 Å². The molecule has 1 aliphatic heterocycles. The summed E-state index contributed by atoms with van der Waals surface area (Å²) in [6.45, 7) is 4.43. The summed E-state index contributed by atoms with van der Waals surface area (Å²) in [5, 5.41) is 117. The third kappa shape index (κ3) is 42.2. The highest BCUT2D eigenvalue weighted by atomic mass is 31.2. The van der Waals surface area contributed by atoms with Crippen molar-refractivity contribution in [2.75, 3.05) is 172 Å². The monoisotopic (exact) mass is 1360 g/mol. The molecule has 0 bridgehead atoms. The lowest BCUT2D eigenvalue weighted by Crippen LogP contribution is -2.59. The van der Waals surface area contributed by atoms with Crippen molar-refractivity contribution in [3.8, 4) is 0 Å². The summed E-state index contributed by atoms with van der Waals surface area (Å²) < 4.78 is 101. The molecule has 1 fully saturated rings. The zero-order valence-electron chi connectivity index (χ0n) is 50.9. The van der Waals surface area contributed by atoms with E-state index in [9.17, 15) is 79.7 Å². The molecule has 1 rings (SSSR count). The fourth-order valence-corrected chi connectivity index (χ4v) is 8.08. The zero-order valence-corrected chi connectivity index (χ0v) is 52.6. The van der Waals surface area contributed by atoms with Gasteiger partial charge in [-0.15, -0.1) is 0 Å². The molecule has 0 radical (unpaired) electrons. The number of phosphoric acid groups is 2. The van der Waals surface area contributed by atoms with E-state index in [0.29, 0.717) is 0 Å². The first-order chi connectivity index (χ1) is 42.5. The molecule has 534 valence electrons. The molecule has 0 aromatic rings. The normalized spacial score (nSPS) is 21.1. The molecule has 38 nitrogen and oxygen atoms in total. The maximum absolute atomic E-state index is 12.5. The molecule has 90 heavy (non-hydrogen) atoms. The molecule has 18 N–H and O–H groups in total. The molecule has 0 aromatic heterocycles. The largest absolute Gasteiger partial charge is 0.469 e. The lowest BCUT2D eigenvalue weighted by atomic mass is 9.94. The molecule has 0 spiro atoms. The first-order valence-electron chi connectivity index (χ1n) is 28.9. The highest BCUT2D eigenvalue weighted by Gasteiger charge is 2.45. The zero-order chi connectivity index (χ0) is 67.5. The van der Waals surface area contributed by atoms with Crippen LogP contribution < -0.4 is 16.0 Å². The van der Waals surface area contributed by atoms with Gasteiger partial charge in [-0.25, -0.2) is 9.13 Å². The van der Waals surface area contributed by atoms with E-state index in [1.165, 1.54) is 13.8 Å². The van der Waals surface area contributed by atoms with E-state index in [-0.39, 0.29) is 195 Å². The summed E-state index contributed by atoms with van der Waals surface area (Å²) in [6, 6.07) is 0. The van der Waals surface area contributed by atoms with Crippen molar-refractivity contribution in [1.29, 1.82) is 0 Å². The first-order valence-corrected chi connectivity index (χ1v) is 31.9. The highest BCUT2D eigenvalue weighted by molar-refractivity contribution is 7.46. The van der Waals surface area contributed by atoms with Crippen molar-refractivity contribution in [3.63, 3.8) is 0 Å². The molecule has 1 aliphatic rings. The third-order valence-electron chi connectivity index (χ3n) is 12.4. The number of hydrogen-bond acceptors (Lipinski definition) is 31. The molecule has 1 saturated heterocycles. The molecular formula is C50H99N3O35P2. The van der Waals surface area contributed by atoms with Crippen LogP contribution in [0, 0.1) is 11.3 Å². The van der Waals surface area contributed by atoms with Gasteiger partial charge in [-0.1, -0.05) is 13.8 Å². The van der Waals surface area contributed by atoms with Crippen LogP contribution in [0.15, 0.2) is 0 Å². The Kier molecular flexibility index (Phi) is 46.9. The van der Waals surface area contributed by atoms with Gasteiger partial charge in [0.25, 0.3) is 0 Å². The van der Waals surface area contributed by atoms with Crippen molar-refractivity contribution in [1.82, 2.24) is 16.0 Å². The van der Waals surface area contributed by atoms with Crippen LogP contribution in [0.4, 0.5) is 0 Å². The van der Waals surface area contributed by atoms with E-state index in [2.05, 4.69) is 25.0 Å². The van der Waals surface area contributed by atoms with Gasteiger partial charge in [-0.3, -0.25) is 23.4 Å². The summed E-state index contributed by atoms with van der Waals surface area (Å²) in [7, 11) is -9.74. The van der Waals surface area contributed by atoms with Crippen molar-refractivity contribution in [2.24, 2.45) is 11.3 Å². The molecule has 1 heterocycles. The minimum absolute atomic E-state index is 0.00547. The number of hydrogen-bond donors (Lipinski definition) is 18. The third-order valence-corrected chi connectivity index (χ3v) is 13.4. The number of carbonyl (C=O) groups excluding carboxylic acids is 3. The number of aliphatic hydroxyl groups is 11. The predicted molar refractivity (Wildman–Crippen MR) is 302 cm³/mol. The molecule has 15 atom stereocenters. The highest BCUT2D eigenvalue weighted by Crippen LogP contribution is 2.38. The molecule has 0 aromatic carbocycles. The van der Waals surface area contributed by atoms with Crippen LogP contribution in [0.5, 0.6) is 0 Å². The van der Waals surface area contributed by atoms with Crippen LogP contribution in [-0.4, -0.2) is 345 Å². The van der Waals surface area contributed by atoms with Crippen molar-refractivity contribution in [3.05, 3.63) is 0 Å². The van der Waals surface area contributed by atoms with Gasteiger partial charge < -0.3 is 153 Å². The summed E-state index contributed by atoms with van der Waals surface area (Å²) in [4.78, 5) is 72.9. The van der Waals surface area contributed by atoms with Crippen LogP contribution >= 0.6 is 15.6 Å². The second-order valence-electron chi connectivity index (χ2n) is 20.6. The number of ether oxygens (including phenoxy) is 13. The second kappa shape index (κ2) is 49.2. The van der Waals surface area contributed by atoms with Gasteiger partial charge in [-0.2, -0.15) is 0 Å². The SMILES string of the molecule is CC(O)C(O)C(O)C(O)OCCOCCOCCNC(=O)CCOCC(C)(COCCC(=O)NCCOCCOCCOC(O)C(O)C(O)C(O)C(C)COP(=O)(O)O)COCCC(=O)NCCOCCOCCOC1OC(COP(=O)(O)O)C(O)C(O)C1O. The minimum atomic E-state index is -4.90. The van der Waals surface area contributed by atoms with Crippen LogP contribution in [0.2, 0.25) is 0 Å². The fraction of sp³-hybridized carbons (Fsp3) is 0.940. The average molecular weight is 1360 g/mol. The van der Waals surface area contributed by atoms with Crippen molar-refractivity contribution >= 4 is 33.4 Å². The summed E-state index contributed by atoms with van der Waals surface area (Å²) in [5.74, 6) is -2.01. The molecule has 40 heteroatoms. The average Bonchev–Trinajstić information content (AvgIpc) is 1.41. The summed E-state index contributed by atoms with van der Waals surface area (Å²) in [6.07, 6.45) is -21.9. The Bertz CT molecular complexity index is 1950. The fourth-order valence-electron chi connectivity index (χ4n) is 7.31. The molecule has 15 unspecified atom stereocenters. The number of carbonyl (C=O) groups is 3. The maximum atomic E-state index is 12.5. The number of aliphatic hydroxyl groups excluding tert-OH is 11. The number of rotatable bonds is 58. The Morgan fingerprint density at radius 3 is 1.21 bits per heavy atom. The Morgan fingerprint density at radius 1 is 0.456 bits per heavy atom. The standard InChI is InChI=1S/C50H99N3O35P2/c1-33(28-86-89(68,69)70)39(58)42(61)45(64)48(67)84-26-23-78-20-17-75-14-8-52-37(56)5-11-81-31-50(3,30-80-10-4-36(55)51-7-13-74-16-19-77-22-25-83-47(66)44(63)40(59)34(2)54)32-82-12-6-38(57)53-9-15-76-18-21-79-24-27-85-49-46(65)43(62)41(60)35(88-49)29-87-90(71,72)73/h33-35,39-49,54,58-67H,4-32H2,1-3H3,(H,51,55)(H,52,56)(H,53,57)(H2,68,69,70)(H2,71,72,73). The summed E-state index contributed by atoms with van der Waals surface area (Å²) in [5.41, 5.74) is -0.801. The van der Waals surface area contributed by atoms with Crippen LogP contribution in [0.25, 0.3) is 0 Å². The Morgan fingerprint density at radius 2 is 0.822 bits per heavy atom. The van der Waals surface area contributed by atoms with Gasteiger partial charge in [0.15, 0.2) is 18.9 Å². The first kappa shape index (κ1) is 85.7. The van der Waals surface area contributed by atoms with E-state index >= 15 is 0 Å². The lowest BCUT2D eigenvalue weighted by Gasteiger charge is -2.40. The Labute approximate surface area is 520 Å². The number of phosphoric ester groups is 2. The Balaban J connectivity index is 2.44. The van der Waals surface area contributed by atoms with E-state index < -0.39 is 120 Å². The van der Waals surface area contributed by atoms with Gasteiger partial charge in [0.2, 0.25) is 17.7 Å². The van der Waals surface area contributed by atoms with Crippen molar-refractivity contribution in [2.45, 2.75) is 120 Å². The van der Waals surface area contributed by atoms with E-state index in [0.717, 1.165) is 0 Å². The smallest absolute Gasteiger partial charge is 0.391 e. The number of nitrogens with one attached hydrogen (secondary N) is 3. The number of amides is 3.